The lowest BCUT2D eigenvalue weighted by Crippen LogP contribution is -2.39. The molecule has 2 heterocycles. The van der Waals surface area contributed by atoms with Gasteiger partial charge in [0.1, 0.15) is 0 Å². The summed E-state index contributed by atoms with van der Waals surface area (Å²) in [6.45, 7) is 15.7. The number of para-hydroxylation sites is 1. The first-order valence-electron chi connectivity index (χ1n) is 14.1. The number of ether oxygens (including phenoxy) is 1. The SMILES string of the molecule is Cc1cccc2sc(N(CCCN3CCOCC3)C(=O)c3ccc(S(=O)(=O)N(CC(C)C)CC(C)C)cc3)nc12. The quantitative estimate of drug-likeness (QED) is 0.287. The van der Waals surface area contributed by atoms with Gasteiger partial charge in [-0.1, -0.05) is 51.2 Å². The van der Waals surface area contributed by atoms with Crippen molar-refractivity contribution in [1.29, 1.82) is 0 Å². The van der Waals surface area contributed by atoms with Crippen molar-refractivity contribution < 1.29 is 17.9 Å². The minimum absolute atomic E-state index is 0.177. The molecule has 0 atom stereocenters. The monoisotopic (exact) mass is 586 g/mol. The molecule has 1 aromatic heterocycles. The third-order valence-corrected chi connectivity index (χ3v) is 9.81. The van der Waals surface area contributed by atoms with Crippen LogP contribution in [0.25, 0.3) is 10.2 Å². The lowest BCUT2D eigenvalue weighted by atomic mass is 10.2. The van der Waals surface area contributed by atoms with E-state index in [1.807, 2.05) is 52.8 Å². The van der Waals surface area contributed by atoms with Crippen LogP contribution < -0.4 is 4.90 Å². The lowest BCUT2D eigenvalue weighted by Gasteiger charge is -2.28. The minimum atomic E-state index is -3.67. The molecule has 1 amide bonds. The van der Waals surface area contributed by atoms with Crippen LogP contribution in [-0.4, -0.2) is 81.0 Å². The molecule has 0 saturated carbocycles. The van der Waals surface area contributed by atoms with Gasteiger partial charge in [0, 0.05) is 44.8 Å². The molecule has 3 aromatic rings. The van der Waals surface area contributed by atoms with Gasteiger partial charge in [-0.25, -0.2) is 13.4 Å². The van der Waals surface area contributed by atoms with Gasteiger partial charge in [-0.05, 0) is 61.1 Å². The summed E-state index contributed by atoms with van der Waals surface area (Å²) in [5.74, 6) is 0.236. The van der Waals surface area contributed by atoms with Gasteiger partial charge >= 0.3 is 0 Å². The van der Waals surface area contributed by atoms with Gasteiger partial charge in [0.2, 0.25) is 10.0 Å². The maximum atomic E-state index is 13.9. The lowest BCUT2D eigenvalue weighted by molar-refractivity contribution is 0.0376. The van der Waals surface area contributed by atoms with Gasteiger partial charge in [-0.15, -0.1) is 0 Å². The number of benzene rings is 2. The number of nitrogens with zero attached hydrogens (tertiary/aromatic N) is 4. The van der Waals surface area contributed by atoms with Crippen LogP contribution in [0, 0.1) is 18.8 Å². The number of fused-ring (bicyclic) bond motifs is 1. The first-order chi connectivity index (χ1) is 19.1. The standard InChI is InChI=1S/C30H42N4O4S2/c1-22(2)20-33(21-23(3)4)40(36,37)26-12-10-25(11-13-26)29(35)34(15-7-14-32-16-18-38-19-17-32)30-31-28-24(5)8-6-9-27(28)39-30/h6,8-13,22-23H,7,14-21H2,1-5H3. The number of rotatable bonds is 12. The molecule has 1 aliphatic rings. The number of thiazole rings is 1. The predicted octanol–water partition coefficient (Wildman–Crippen LogP) is 5.28. The van der Waals surface area contributed by atoms with Crippen molar-refractivity contribution >= 4 is 42.6 Å². The van der Waals surface area contributed by atoms with E-state index in [2.05, 4.69) is 4.90 Å². The number of aryl methyl sites for hydroxylation is 1. The van der Waals surface area contributed by atoms with Crippen LogP contribution in [0.1, 0.15) is 50.0 Å². The zero-order valence-electron chi connectivity index (χ0n) is 24.3. The van der Waals surface area contributed by atoms with E-state index in [0.717, 1.165) is 55.0 Å². The number of hydrogen-bond acceptors (Lipinski definition) is 7. The number of aromatic nitrogens is 1. The van der Waals surface area contributed by atoms with Gasteiger partial charge in [0.25, 0.3) is 5.91 Å². The van der Waals surface area contributed by atoms with Crippen LogP contribution in [-0.2, 0) is 14.8 Å². The van der Waals surface area contributed by atoms with Crippen LogP contribution >= 0.6 is 11.3 Å². The molecule has 2 aromatic carbocycles. The molecule has 0 bridgehead atoms. The fourth-order valence-corrected chi connectivity index (χ4v) is 7.75. The summed E-state index contributed by atoms with van der Waals surface area (Å²) in [6.07, 6.45) is 0.798. The van der Waals surface area contributed by atoms with Gasteiger partial charge < -0.3 is 4.74 Å². The summed E-state index contributed by atoms with van der Waals surface area (Å²) in [7, 11) is -3.67. The summed E-state index contributed by atoms with van der Waals surface area (Å²) in [4.78, 5) is 23.0. The molecular formula is C30H42N4O4S2. The van der Waals surface area contributed by atoms with Crippen molar-refractivity contribution in [2.75, 3.05) is 57.4 Å². The normalized spacial score (nSPS) is 15.0. The Balaban J connectivity index is 1.58. The van der Waals surface area contributed by atoms with Gasteiger partial charge in [0.15, 0.2) is 5.13 Å². The highest BCUT2D eigenvalue weighted by Crippen LogP contribution is 2.32. The molecule has 0 aliphatic carbocycles. The van der Waals surface area contributed by atoms with Crippen LogP contribution in [0.15, 0.2) is 47.4 Å². The zero-order chi connectivity index (χ0) is 28.9. The third-order valence-electron chi connectivity index (χ3n) is 6.92. The highest BCUT2D eigenvalue weighted by Gasteiger charge is 2.27. The Bertz CT molecular complexity index is 1370. The number of amides is 1. The van der Waals surface area contributed by atoms with Crippen molar-refractivity contribution in [1.82, 2.24) is 14.2 Å². The molecular weight excluding hydrogens is 544 g/mol. The van der Waals surface area contributed by atoms with E-state index in [4.69, 9.17) is 9.72 Å². The average Bonchev–Trinajstić information content (AvgIpc) is 3.36. The fourth-order valence-electron chi connectivity index (χ4n) is 4.91. The van der Waals surface area contributed by atoms with Crippen LogP contribution in [0.3, 0.4) is 0 Å². The van der Waals surface area contributed by atoms with E-state index in [-0.39, 0.29) is 22.6 Å². The highest BCUT2D eigenvalue weighted by atomic mass is 32.2. The summed E-state index contributed by atoms with van der Waals surface area (Å²) in [5.41, 5.74) is 2.42. The maximum Gasteiger partial charge on any atom is 0.260 e. The number of carbonyl (C=O) groups excluding carboxylic acids is 1. The van der Waals surface area contributed by atoms with E-state index in [1.165, 1.54) is 11.3 Å². The zero-order valence-corrected chi connectivity index (χ0v) is 25.9. The smallest absolute Gasteiger partial charge is 0.260 e. The summed E-state index contributed by atoms with van der Waals surface area (Å²) in [5, 5.41) is 0.660. The Morgan fingerprint density at radius 1 is 1.02 bits per heavy atom. The average molecular weight is 587 g/mol. The molecule has 4 rings (SSSR count). The Labute approximate surface area is 243 Å². The number of anilines is 1. The molecule has 40 heavy (non-hydrogen) atoms. The molecule has 8 nitrogen and oxygen atoms in total. The van der Waals surface area contributed by atoms with Crippen LogP contribution in [0.4, 0.5) is 5.13 Å². The molecule has 1 saturated heterocycles. The predicted molar refractivity (Wildman–Crippen MR) is 163 cm³/mol. The molecule has 0 spiro atoms. The second kappa shape index (κ2) is 13.5. The number of sulfonamides is 1. The summed E-state index contributed by atoms with van der Waals surface area (Å²) < 4.78 is 35.0. The highest BCUT2D eigenvalue weighted by molar-refractivity contribution is 7.89. The van der Waals surface area contributed by atoms with Crippen molar-refractivity contribution in [3.63, 3.8) is 0 Å². The number of hydrogen-bond donors (Lipinski definition) is 0. The Hall–Kier alpha value is -2.37. The maximum absolute atomic E-state index is 13.9. The van der Waals surface area contributed by atoms with E-state index in [9.17, 15) is 13.2 Å². The van der Waals surface area contributed by atoms with Gasteiger partial charge in [0.05, 0.1) is 28.3 Å². The van der Waals surface area contributed by atoms with E-state index < -0.39 is 10.0 Å². The molecule has 0 N–H and O–H groups in total. The first-order valence-corrected chi connectivity index (χ1v) is 16.4. The first kappa shape index (κ1) is 30.6. The van der Waals surface area contributed by atoms with Gasteiger partial charge in [-0.2, -0.15) is 4.31 Å². The van der Waals surface area contributed by atoms with Gasteiger partial charge in [-0.3, -0.25) is 14.6 Å². The van der Waals surface area contributed by atoms with E-state index >= 15 is 0 Å². The van der Waals surface area contributed by atoms with Crippen molar-refractivity contribution in [2.24, 2.45) is 11.8 Å². The molecule has 0 radical (unpaired) electrons. The molecule has 1 fully saturated rings. The number of carbonyl (C=O) groups is 1. The third kappa shape index (κ3) is 7.47. The fraction of sp³-hybridized carbons (Fsp3) is 0.533. The molecule has 218 valence electrons. The Kier molecular flexibility index (Phi) is 10.3. The van der Waals surface area contributed by atoms with Crippen LogP contribution in [0.5, 0.6) is 0 Å². The second-order valence-corrected chi connectivity index (χ2v) is 14.3. The molecule has 0 unspecified atom stereocenters. The topological polar surface area (TPSA) is 83.0 Å². The largest absolute Gasteiger partial charge is 0.379 e. The summed E-state index contributed by atoms with van der Waals surface area (Å²) >= 11 is 1.51. The molecule has 1 aliphatic heterocycles. The van der Waals surface area contributed by atoms with E-state index in [1.54, 1.807) is 33.5 Å². The minimum Gasteiger partial charge on any atom is -0.379 e. The second-order valence-electron chi connectivity index (χ2n) is 11.3. The number of morpholine rings is 1. The Morgan fingerprint density at radius 3 is 2.27 bits per heavy atom. The van der Waals surface area contributed by atoms with Crippen LogP contribution in [0.2, 0.25) is 0 Å². The molecule has 10 heteroatoms. The summed E-state index contributed by atoms with van der Waals surface area (Å²) in [6, 6.07) is 12.4. The Morgan fingerprint density at radius 2 is 1.68 bits per heavy atom. The van der Waals surface area contributed by atoms with E-state index in [0.29, 0.717) is 30.3 Å². The van der Waals surface area contributed by atoms with Crippen molar-refractivity contribution in [3.05, 3.63) is 53.6 Å². The van der Waals surface area contributed by atoms with Crippen molar-refractivity contribution in [2.45, 2.75) is 45.9 Å². The van der Waals surface area contributed by atoms with Crippen molar-refractivity contribution in [3.8, 4) is 0 Å².